The summed E-state index contributed by atoms with van der Waals surface area (Å²) in [4.78, 5) is 25.1. The monoisotopic (exact) mass is 386 g/mol. The Hall–Kier alpha value is -2.67. The van der Waals surface area contributed by atoms with E-state index in [-0.39, 0.29) is 17.7 Å². The van der Waals surface area contributed by atoms with Gasteiger partial charge < -0.3 is 5.32 Å². The van der Waals surface area contributed by atoms with Crippen LogP contribution in [0.4, 0.5) is 5.69 Å². The quantitative estimate of drug-likeness (QED) is 0.876. The Balaban J connectivity index is 1.91. The number of carbonyl (C=O) groups excluding carboxylic acids is 2. The van der Waals surface area contributed by atoms with Crippen LogP contribution in [0.3, 0.4) is 0 Å². The van der Waals surface area contributed by atoms with E-state index in [1.807, 2.05) is 32.9 Å². The maximum absolute atomic E-state index is 13.0. The molecule has 0 aliphatic carbocycles. The first-order valence-electron chi connectivity index (χ1n) is 8.73. The van der Waals surface area contributed by atoms with Crippen molar-refractivity contribution in [2.45, 2.75) is 44.6 Å². The normalized spacial score (nSPS) is 17.2. The molecule has 1 N–H and O–H groups in total. The van der Waals surface area contributed by atoms with E-state index in [2.05, 4.69) is 5.32 Å². The standard InChI is InChI=1S/C20H22N2O4S/c1-13-7-9-16(10-8-13)27(25,26)22-18(11-12-19(22)23)20(24)21-17-6-4-5-14(2)15(17)3/h4-10,18H,11-12H2,1-3H3,(H,21,24). The fraction of sp³-hybridized carbons (Fsp3) is 0.300. The first kappa shape index (κ1) is 19.1. The fourth-order valence-corrected chi connectivity index (χ4v) is 4.73. The minimum absolute atomic E-state index is 0.00730. The van der Waals surface area contributed by atoms with Crippen LogP contribution in [-0.4, -0.2) is 30.6 Å². The maximum Gasteiger partial charge on any atom is 0.267 e. The van der Waals surface area contributed by atoms with Gasteiger partial charge in [-0.1, -0.05) is 29.8 Å². The number of benzene rings is 2. The van der Waals surface area contributed by atoms with Gasteiger partial charge in [-0.3, -0.25) is 9.59 Å². The van der Waals surface area contributed by atoms with Crippen LogP contribution in [0.2, 0.25) is 0 Å². The summed E-state index contributed by atoms with van der Waals surface area (Å²) >= 11 is 0. The van der Waals surface area contributed by atoms with Crippen LogP contribution < -0.4 is 5.32 Å². The second kappa shape index (κ2) is 7.15. The Morgan fingerprint density at radius 1 is 1.07 bits per heavy atom. The largest absolute Gasteiger partial charge is 0.324 e. The van der Waals surface area contributed by atoms with E-state index in [9.17, 15) is 18.0 Å². The zero-order valence-electron chi connectivity index (χ0n) is 15.5. The summed E-state index contributed by atoms with van der Waals surface area (Å²) in [7, 11) is -4.09. The molecule has 2 amide bonds. The first-order chi connectivity index (χ1) is 12.7. The van der Waals surface area contributed by atoms with Crippen LogP contribution in [0, 0.1) is 20.8 Å². The third kappa shape index (κ3) is 3.60. The van der Waals surface area contributed by atoms with E-state index in [0.29, 0.717) is 5.69 Å². The predicted molar refractivity (Wildman–Crippen MR) is 103 cm³/mol. The highest BCUT2D eigenvalue weighted by Crippen LogP contribution is 2.29. The Kier molecular flexibility index (Phi) is 5.06. The molecule has 3 rings (SSSR count). The van der Waals surface area contributed by atoms with Gasteiger partial charge in [-0.2, -0.15) is 0 Å². The van der Waals surface area contributed by atoms with Gasteiger partial charge in [0.25, 0.3) is 10.0 Å². The minimum Gasteiger partial charge on any atom is -0.324 e. The average Bonchev–Trinajstić information content (AvgIpc) is 3.02. The van der Waals surface area contributed by atoms with E-state index < -0.39 is 27.9 Å². The number of amides is 2. The number of anilines is 1. The molecule has 2 aromatic rings. The van der Waals surface area contributed by atoms with Gasteiger partial charge in [0.15, 0.2) is 0 Å². The summed E-state index contributed by atoms with van der Waals surface area (Å²) in [5.74, 6) is -1.05. The van der Waals surface area contributed by atoms with E-state index in [1.54, 1.807) is 18.2 Å². The molecule has 1 unspecified atom stereocenters. The Labute approximate surface area is 159 Å². The summed E-state index contributed by atoms with van der Waals surface area (Å²) in [5, 5.41) is 2.78. The molecule has 1 aliphatic heterocycles. The number of carbonyl (C=O) groups is 2. The molecule has 2 aromatic carbocycles. The fourth-order valence-electron chi connectivity index (χ4n) is 3.13. The number of nitrogens with one attached hydrogen (secondary N) is 1. The van der Waals surface area contributed by atoms with Crippen molar-refractivity contribution >= 4 is 27.5 Å². The highest BCUT2D eigenvalue weighted by molar-refractivity contribution is 7.89. The van der Waals surface area contributed by atoms with Crippen molar-refractivity contribution in [1.29, 1.82) is 0 Å². The number of hydrogen-bond donors (Lipinski definition) is 1. The molecule has 1 fully saturated rings. The Morgan fingerprint density at radius 2 is 1.74 bits per heavy atom. The highest BCUT2D eigenvalue weighted by atomic mass is 32.2. The van der Waals surface area contributed by atoms with Gasteiger partial charge in [0, 0.05) is 12.1 Å². The summed E-state index contributed by atoms with van der Waals surface area (Å²) in [6, 6.07) is 10.7. The Bertz CT molecular complexity index is 997. The van der Waals surface area contributed by atoms with E-state index in [4.69, 9.17) is 0 Å². The molecule has 0 saturated carbocycles. The number of aryl methyl sites for hydroxylation is 2. The van der Waals surface area contributed by atoms with Crippen molar-refractivity contribution in [2.24, 2.45) is 0 Å². The molecule has 0 aromatic heterocycles. The topological polar surface area (TPSA) is 83.6 Å². The van der Waals surface area contributed by atoms with Crippen molar-refractivity contribution in [3.05, 3.63) is 59.2 Å². The molecular formula is C20H22N2O4S. The van der Waals surface area contributed by atoms with Crippen LogP contribution >= 0.6 is 0 Å². The van der Waals surface area contributed by atoms with Crippen molar-refractivity contribution in [2.75, 3.05) is 5.32 Å². The Morgan fingerprint density at radius 3 is 2.41 bits per heavy atom. The van der Waals surface area contributed by atoms with E-state index in [0.717, 1.165) is 21.0 Å². The van der Waals surface area contributed by atoms with Gasteiger partial charge in [-0.15, -0.1) is 0 Å². The predicted octanol–water partition coefficient (Wildman–Crippen LogP) is 2.93. The molecule has 0 spiro atoms. The molecule has 142 valence electrons. The molecule has 27 heavy (non-hydrogen) atoms. The second-order valence-corrected chi connectivity index (χ2v) is 8.61. The zero-order valence-corrected chi connectivity index (χ0v) is 16.3. The number of rotatable bonds is 4. The lowest BCUT2D eigenvalue weighted by atomic mass is 10.1. The number of hydrogen-bond acceptors (Lipinski definition) is 4. The van der Waals surface area contributed by atoms with Crippen molar-refractivity contribution in [3.8, 4) is 0 Å². The summed E-state index contributed by atoms with van der Waals surface area (Å²) in [5.41, 5.74) is 3.44. The molecule has 1 atom stereocenters. The van der Waals surface area contributed by atoms with Crippen LogP contribution in [0.15, 0.2) is 47.4 Å². The molecule has 1 aliphatic rings. The van der Waals surface area contributed by atoms with Crippen molar-refractivity contribution in [3.63, 3.8) is 0 Å². The molecular weight excluding hydrogens is 364 g/mol. The molecule has 1 heterocycles. The van der Waals surface area contributed by atoms with Gasteiger partial charge >= 0.3 is 0 Å². The van der Waals surface area contributed by atoms with Gasteiger partial charge in [-0.25, -0.2) is 12.7 Å². The van der Waals surface area contributed by atoms with Gasteiger partial charge in [0.05, 0.1) is 4.90 Å². The van der Waals surface area contributed by atoms with Crippen molar-refractivity contribution < 1.29 is 18.0 Å². The lowest BCUT2D eigenvalue weighted by molar-refractivity contribution is -0.128. The van der Waals surface area contributed by atoms with Crippen LogP contribution in [0.5, 0.6) is 0 Å². The smallest absolute Gasteiger partial charge is 0.267 e. The number of sulfonamides is 1. The van der Waals surface area contributed by atoms with Crippen LogP contribution in [0.25, 0.3) is 0 Å². The van der Waals surface area contributed by atoms with Gasteiger partial charge in [0.1, 0.15) is 6.04 Å². The van der Waals surface area contributed by atoms with Gasteiger partial charge in [0.2, 0.25) is 11.8 Å². The van der Waals surface area contributed by atoms with E-state index in [1.165, 1.54) is 12.1 Å². The zero-order chi connectivity index (χ0) is 19.8. The minimum atomic E-state index is -4.09. The molecule has 0 bridgehead atoms. The second-order valence-electron chi connectivity index (χ2n) is 6.80. The lowest BCUT2D eigenvalue weighted by Gasteiger charge is -2.24. The summed E-state index contributed by atoms with van der Waals surface area (Å²) in [6.07, 6.45) is 0.191. The number of nitrogens with zero attached hydrogens (tertiary/aromatic N) is 1. The third-order valence-electron chi connectivity index (χ3n) is 4.90. The summed E-state index contributed by atoms with van der Waals surface area (Å²) in [6.45, 7) is 5.65. The first-order valence-corrected chi connectivity index (χ1v) is 10.2. The van der Waals surface area contributed by atoms with Crippen molar-refractivity contribution in [1.82, 2.24) is 4.31 Å². The van der Waals surface area contributed by atoms with Crippen LogP contribution in [-0.2, 0) is 19.6 Å². The van der Waals surface area contributed by atoms with Crippen LogP contribution in [0.1, 0.15) is 29.5 Å². The van der Waals surface area contributed by atoms with Gasteiger partial charge in [-0.05, 0) is 56.5 Å². The molecule has 6 nitrogen and oxygen atoms in total. The average molecular weight is 386 g/mol. The SMILES string of the molecule is Cc1ccc(S(=O)(=O)N2C(=O)CCC2C(=O)Nc2cccc(C)c2C)cc1. The third-order valence-corrected chi connectivity index (χ3v) is 6.75. The molecule has 7 heteroatoms. The maximum atomic E-state index is 13.0. The molecule has 1 saturated heterocycles. The highest BCUT2D eigenvalue weighted by Gasteiger charge is 2.44. The van der Waals surface area contributed by atoms with E-state index >= 15 is 0 Å². The lowest BCUT2D eigenvalue weighted by Crippen LogP contribution is -2.45. The summed E-state index contributed by atoms with van der Waals surface area (Å²) < 4.78 is 26.7. The molecule has 0 radical (unpaired) electrons.